The number of nitrogens with zero attached hydrogens (tertiary/aromatic N) is 2. The minimum Gasteiger partial charge on any atom is -0.372 e. The first-order valence-corrected chi connectivity index (χ1v) is 5.70. The van der Waals surface area contributed by atoms with Crippen LogP contribution < -0.4 is 4.90 Å². The van der Waals surface area contributed by atoms with E-state index in [2.05, 4.69) is 11.5 Å². The molecule has 4 heteroatoms. The Balaban J connectivity index is 3.27. The van der Waals surface area contributed by atoms with Crippen molar-refractivity contribution in [3.63, 3.8) is 0 Å². The molecule has 0 aromatic heterocycles. The number of rotatable bonds is 5. The number of hydrogen-bond donors (Lipinski definition) is 0. The fraction of sp³-hybridized carbons (Fsp3) is 0.385. The SMILES string of the molecule is C=C(C)c1ccc(N(CC)CC)cc1[N+](=O)[O-]. The number of allylic oxidation sites excluding steroid dienone is 1. The average Bonchev–Trinajstić information content (AvgIpc) is 2.30. The van der Waals surface area contributed by atoms with Gasteiger partial charge in [0.2, 0.25) is 0 Å². The van der Waals surface area contributed by atoms with E-state index in [9.17, 15) is 10.1 Å². The molecule has 0 atom stereocenters. The molecule has 4 nitrogen and oxygen atoms in total. The lowest BCUT2D eigenvalue weighted by Crippen LogP contribution is -2.21. The van der Waals surface area contributed by atoms with Crippen LogP contribution in [0.2, 0.25) is 0 Å². The van der Waals surface area contributed by atoms with Gasteiger partial charge in [-0.2, -0.15) is 0 Å². The molecule has 1 aromatic rings. The molecule has 0 spiro atoms. The molecule has 0 fully saturated rings. The van der Waals surface area contributed by atoms with Crippen molar-refractivity contribution in [2.45, 2.75) is 20.8 Å². The first kappa shape index (κ1) is 13.2. The van der Waals surface area contributed by atoms with Gasteiger partial charge in [-0.25, -0.2) is 0 Å². The molecule has 0 saturated carbocycles. The fourth-order valence-electron chi connectivity index (χ4n) is 1.82. The van der Waals surface area contributed by atoms with Gasteiger partial charge in [-0.15, -0.1) is 0 Å². The van der Waals surface area contributed by atoms with Crippen LogP contribution in [0.25, 0.3) is 5.57 Å². The van der Waals surface area contributed by atoms with Crippen LogP contribution in [-0.4, -0.2) is 18.0 Å². The topological polar surface area (TPSA) is 46.4 Å². The van der Waals surface area contributed by atoms with Crippen LogP contribution in [0.3, 0.4) is 0 Å². The highest BCUT2D eigenvalue weighted by Gasteiger charge is 2.16. The van der Waals surface area contributed by atoms with Gasteiger partial charge >= 0.3 is 0 Å². The number of nitro groups is 1. The molecule has 17 heavy (non-hydrogen) atoms. The second-order valence-electron chi connectivity index (χ2n) is 3.91. The third kappa shape index (κ3) is 2.84. The van der Waals surface area contributed by atoms with Gasteiger partial charge in [-0.05, 0) is 38.5 Å². The van der Waals surface area contributed by atoms with Gasteiger partial charge in [-0.3, -0.25) is 10.1 Å². The standard InChI is InChI=1S/C13H18N2O2/c1-5-14(6-2)11-7-8-12(10(3)4)13(9-11)15(16)17/h7-9H,3,5-6H2,1-2,4H3. The Morgan fingerprint density at radius 3 is 2.41 bits per heavy atom. The van der Waals surface area contributed by atoms with Crippen molar-refractivity contribution >= 4 is 16.9 Å². The predicted octanol–water partition coefficient (Wildman–Crippen LogP) is 3.47. The molecule has 0 aliphatic heterocycles. The van der Waals surface area contributed by atoms with E-state index in [0.29, 0.717) is 11.1 Å². The highest BCUT2D eigenvalue weighted by atomic mass is 16.6. The summed E-state index contributed by atoms with van der Waals surface area (Å²) in [5.41, 5.74) is 2.32. The minimum absolute atomic E-state index is 0.127. The molecule has 0 saturated heterocycles. The molecule has 0 unspecified atom stereocenters. The van der Waals surface area contributed by atoms with E-state index in [0.717, 1.165) is 18.8 Å². The molecule has 1 rings (SSSR count). The van der Waals surface area contributed by atoms with Gasteiger partial charge in [0.1, 0.15) is 0 Å². The molecule has 0 radical (unpaired) electrons. The van der Waals surface area contributed by atoms with Crippen LogP contribution in [0.4, 0.5) is 11.4 Å². The Morgan fingerprint density at radius 2 is 2.00 bits per heavy atom. The zero-order valence-electron chi connectivity index (χ0n) is 10.6. The quantitative estimate of drug-likeness (QED) is 0.579. The summed E-state index contributed by atoms with van der Waals surface area (Å²) in [6.07, 6.45) is 0. The van der Waals surface area contributed by atoms with Gasteiger partial charge < -0.3 is 4.90 Å². The monoisotopic (exact) mass is 234 g/mol. The van der Waals surface area contributed by atoms with Crippen molar-refractivity contribution < 1.29 is 4.92 Å². The van der Waals surface area contributed by atoms with E-state index in [1.807, 2.05) is 19.9 Å². The predicted molar refractivity (Wildman–Crippen MR) is 71.4 cm³/mol. The van der Waals surface area contributed by atoms with Crippen LogP contribution in [0, 0.1) is 10.1 Å². The number of nitro benzene ring substituents is 1. The van der Waals surface area contributed by atoms with Crippen LogP contribution in [0.1, 0.15) is 26.3 Å². The van der Waals surface area contributed by atoms with Crippen molar-refractivity contribution in [1.82, 2.24) is 0 Å². The molecule has 0 amide bonds. The maximum Gasteiger partial charge on any atom is 0.278 e. The lowest BCUT2D eigenvalue weighted by Gasteiger charge is -2.21. The lowest BCUT2D eigenvalue weighted by atomic mass is 10.1. The second-order valence-corrected chi connectivity index (χ2v) is 3.91. The zero-order valence-corrected chi connectivity index (χ0v) is 10.6. The third-order valence-corrected chi connectivity index (χ3v) is 2.77. The lowest BCUT2D eigenvalue weighted by molar-refractivity contribution is -0.385. The van der Waals surface area contributed by atoms with Crippen LogP contribution in [-0.2, 0) is 0 Å². The summed E-state index contributed by atoms with van der Waals surface area (Å²) in [6.45, 7) is 11.3. The zero-order chi connectivity index (χ0) is 13.0. The molecule has 0 N–H and O–H groups in total. The van der Waals surface area contributed by atoms with Crippen LogP contribution in [0.15, 0.2) is 24.8 Å². The van der Waals surface area contributed by atoms with Gasteiger partial charge in [-0.1, -0.05) is 6.58 Å². The number of benzene rings is 1. The maximum atomic E-state index is 11.0. The number of anilines is 1. The average molecular weight is 234 g/mol. The summed E-state index contributed by atoms with van der Waals surface area (Å²) in [4.78, 5) is 12.8. The van der Waals surface area contributed by atoms with Crippen molar-refractivity contribution in [2.75, 3.05) is 18.0 Å². The molecular formula is C13H18N2O2. The van der Waals surface area contributed by atoms with Gasteiger partial charge in [0, 0.05) is 24.8 Å². The van der Waals surface area contributed by atoms with E-state index in [4.69, 9.17) is 0 Å². The Labute approximate surface area is 102 Å². The Hall–Kier alpha value is -1.84. The highest BCUT2D eigenvalue weighted by molar-refractivity contribution is 5.73. The summed E-state index contributed by atoms with van der Waals surface area (Å²) < 4.78 is 0. The number of hydrogen-bond acceptors (Lipinski definition) is 3. The molecular weight excluding hydrogens is 216 g/mol. The van der Waals surface area contributed by atoms with Crippen molar-refractivity contribution in [3.05, 3.63) is 40.5 Å². The van der Waals surface area contributed by atoms with E-state index in [1.54, 1.807) is 19.1 Å². The first-order chi connectivity index (χ1) is 8.01. The summed E-state index contributed by atoms with van der Waals surface area (Å²) in [5, 5.41) is 11.0. The van der Waals surface area contributed by atoms with Gasteiger partial charge in [0.15, 0.2) is 0 Å². The maximum absolute atomic E-state index is 11.0. The van der Waals surface area contributed by atoms with E-state index < -0.39 is 0 Å². The van der Waals surface area contributed by atoms with E-state index in [-0.39, 0.29) is 10.6 Å². The smallest absolute Gasteiger partial charge is 0.278 e. The molecule has 0 aliphatic rings. The molecule has 0 bridgehead atoms. The molecule has 0 aliphatic carbocycles. The fourth-order valence-corrected chi connectivity index (χ4v) is 1.82. The van der Waals surface area contributed by atoms with E-state index in [1.165, 1.54) is 0 Å². The summed E-state index contributed by atoms with van der Waals surface area (Å²) >= 11 is 0. The van der Waals surface area contributed by atoms with Crippen LogP contribution >= 0.6 is 0 Å². The Kier molecular flexibility index (Phi) is 4.26. The highest BCUT2D eigenvalue weighted by Crippen LogP contribution is 2.29. The Morgan fingerprint density at radius 1 is 1.41 bits per heavy atom. The first-order valence-electron chi connectivity index (χ1n) is 5.70. The third-order valence-electron chi connectivity index (χ3n) is 2.77. The normalized spacial score (nSPS) is 10.1. The summed E-state index contributed by atoms with van der Waals surface area (Å²) in [5.74, 6) is 0. The minimum atomic E-state index is -0.350. The second kappa shape index (κ2) is 5.48. The van der Waals surface area contributed by atoms with Crippen molar-refractivity contribution in [2.24, 2.45) is 0 Å². The van der Waals surface area contributed by atoms with Gasteiger partial charge in [0.05, 0.1) is 10.5 Å². The largest absolute Gasteiger partial charge is 0.372 e. The van der Waals surface area contributed by atoms with Gasteiger partial charge in [0.25, 0.3) is 5.69 Å². The molecule has 1 aromatic carbocycles. The summed E-state index contributed by atoms with van der Waals surface area (Å²) in [7, 11) is 0. The van der Waals surface area contributed by atoms with E-state index >= 15 is 0 Å². The van der Waals surface area contributed by atoms with Crippen molar-refractivity contribution in [3.8, 4) is 0 Å². The summed E-state index contributed by atoms with van der Waals surface area (Å²) in [6, 6.07) is 5.30. The van der Waals surface area contributed by atoms with Crippen LogP contribution in [0.5, 0.6) is 0 Å². The molecule has 92 valence electrons. The molecule has 0 heterocycles. The Bertz CT molecular complexity index is 437. The van der Waals surface area contributed by atoms with Crippen molar-refractivity contribution in [1.29, 1.82) is 0 Å².